The molecule has 0 aromatic rings. The van der Waals surface area contributed by atoms with Crippen molar-refractivity contribution in [3.63, 3.8) is 0 Å². The van der Waals surface area contributed by atoms with Gasteiger partial charge in [0.1, 0.15) is 0 Å². The van der Waals surface area contributed by atoms with E-state index in [1.165, 1.54) is 18.4 Å². The number of carboxylic acid groups (broad SMARTS) is 1. The van der Waals surface area contributed by atoms with Crippen molar-refractivity contribution < 1.29 is 14.7 Å². The van der Waals surface area contributed by atoms with E-state index < -0.39 is 5.97 Å². The summed E-state index contributed by atoms with van der Waals surface area (Å²) in [5.41, 5.74) is 1.39. The normalized spacial score (nSPS) is 45.0. The molecular formula is C20H26O3. The molecule has 1 N–H and O–H groups in total. The Labute approximate surface area is 137 Å². The number of carboxylic acids is 1. The third-order valence-electron chi connectivity index (χ3n) is 7.59. The van der Waals surface area contributed by atoms with Gasteiger partial charge in [0.15, 0.2) is 5.78 Å². The SMILES string of the molecule is C[C@]12C=CC(=O)C=C1CC[C@H]1[C@@H]3CCC[C@@]3(CC(=O)O)CC[C@@H]12. The summed E-state index contributed by atoms with van der Waals surface area (Å²) >= 11 is 0. The van der Waals surface area contributed by atoms with Crippen LogP contribution in [0, 0.1) is 28.6 Å². The quantitative estimate of drug-likeness (QED) is 0.833. The predicted octanol–water partition coefficient (Wildman–Crippen LogP) is 4.14. The Bertz CT molecular complexity index is 616. The molecule has 0 spiro atoms. The van der Waals surface area contributed by atoms with Crippen molar-refractivity contribution in [2.75, 3.05) is 0 Å². The first kappa shape index (κ1) is 15.2. The van der Waals surface area contributed by atoms with Crippen LogP contribution in [0.25, 0.3) is 0 Å². The molecule has 0 aromatic carbocycles. The van der Waals surface area contributed by atoms with Crippen LogP contribution in [0.3, 0.4) is 0 Å². The molecule has 0 unspecified atom stereocenters. The van der Waals surface area contributed by atoms with Crippen molar-refractivity contribution in [2.45, 2.75) is 58.3 Å². The van der Waals surface area contributed by atoms with Crippen molar-refractivity contribution in [2.24, 2.45) is 28.6 Å². The van der Waals surface area contributed by atoms with Crippen LogP contribution in [0.5, 0.6) is 0 Å². The molecule has 4 aliphatic carbocycles. The standard InChI is InChI=1S/C20H26O3/c1-19-9-6-14(21)11-13(19)4-5-15-16(19)7-10-20(12-18(22)23)8-2-3-17(15)20/h6,9,11,15-17H,2-5,7-8,10,12H2,1H3,(H,22,23)/t15-,16+,17+,19+,20+/m1/s1. The average Bonchev–Trinajstić information content (AvgIpc) is 2.90. The maximum absolute atomic E-state index is 11.7. The number of hydrogen-bond acceptors (Lipinski definition) is 2. The highest BCUT2D eigenvalue weighted by molar-refractivity contribution is 6.01. The van der Waals surface area contributed by atoms with Crippen LogP contribution in [0.2, 0.25) is 0 Å². The van der Waals surface area contributed by atoms with Crippen LogP contribution in [0.15, 0.2) is 23.8 Å². The lowest BCUT2D eigenvalue weighted by atomic mass is 9.48. The number of allylic oxidation sites excluding steroid dienone is 4. The summed E-state index contributed by atoms with van der Waals surface area (Å²) in [5.74, 6) is 1.29. The van der Waals surface area contributed by atoms with E-state index in [1.807, 2.05) is 6.08 Å². The summed E-state index contributed by atoms with van der Waals surface area (Å²) < 4.78 is 0. The summed E-state index contributed by atoms with van der Waals surface area (Å²) in [5, 5.41) is 9.41. The number of ketones is 1. The Balaban J connectivity index is 1.67. The zero-order valence-corrected chi connectivity index (χ0v) is 13.9. The lowest BCUT2D eigenvalue weighted by molar-refractivity contribution is -0.143. The van der Waals surface area contributed by atoms with Gasteiger partial charge in [-0.1, -0.05) is 25.0 Å². The van der Waals surface area contributed by atoms with Crippen molar-refractivity contribution in [3.05, 3.63) is 23.8 Å². The first-order valence-electron chi connectivity index (χ1n) is 9.11. The van der Waals surface area contributed by atoms with Gasteiger partial charge in [-0.05, 0) is 73.8 Å². The molecule has 4 rings (SSSR count). The summed E-state index contributed by atoms with van der Waals surface area (Å²) in [6.45, 7) is 2.30. The number of carbonyl (C=O) groups is 2. The van der Waals surface area contributed by atoms with Gasteiger partial charge in [0.25, 0.3) is 0 Å². The second-order valence-corrected chi connectivity index (χ2v) is 8.47. The van der Waals surface area contributed by atoms with Gasteiger partial charge in [-0.25, -0.2) is 0 Å². The molecular weight excluding hydrogens is 288 g/mol. The predicted molar refractivity (Wildman–Crippen MR) is 87.8 cm³/mol. The molecule has 3 nitrogen and oxygen atoms in total. The van der Waals surface area contributed by atoms with E-state index in [1.54, 1.807) is 6.08 Å². The molecule has 0 aromatic heterocycles. The van der Waals surface area contributed by atoms with Crippen LogP contribution in [-0.2, 0) is 9.59 Å². The maximum Gasteiger partial charge on any atom is 0.303 e. The van der Waals surface area contributed by atoms with E-state index in [4.69, 9.17) is 0 Å². The summed E-state index contributed by atoms with van der Waals surface area (Å²) in [4.78, 5) is 23.2. The zero-order chi connectivity index (χ0) is 16.2. The fraction of sp³-hybridized carbons (Fsp3) is 0.700. The molecule has 0 radical (unpaired) electrons. The van der Waals surface area contributed by atoms with E-state index in [-0.39, 0.29) is 16.6 Å². The van der Waals surface area contributed by atoms with Gasteiger partial charge < -0.3 is 5.11 Å². The summed E-state index contributed by atoms with van der Waals surface area (Å²) in [7, 11) is 0. The largest absolute Gasteiger partial charge is 0.481 e. The highest BCUT2D eigenvalue weighted by Crippen LogP contribution is 2.65. The first-order chi connectivity index (χ1) is 10.9. The molecule has 0 saturated heterocycles. The number of hydrogen-bond donors (Lipinski definition) is 1. The minimum atomic E-state index is -0.624. The second-order valence-electron chi connectivity index (χ2n) is 8.47. The molecule has 3 fully saturated rings. The first-order valence-corrected chi connectivity index (χ1v) is 9.11. The molecule has 0 amide bonds. The molecule has 3 heteroatoms. The van der Waals surface area contributed by atoms with E-state index in [0.29, 0.717) is 24.2 Å². The lowest BCUT2D eigenvalue weighted by Gasteiger charge is -2.56. The Morgan fingerprint density at radius 2 is 2.09 bits per heavy atom. The summed E-state index contributed by atoms with van der Waals surface area (Å²) in [6.07, 6.45) is 13.9. The minimum absolute atomic E-state index is 0.0226. The van der Waals surface area contributed by atoms with Gasteiger partial charge in [0, 0.05) is 5.41 Å². The number of fused-ring (bicyclic) bond motifs is 5. The third kappa shape index (κ3) is 2.15. The topological polar surface area (TPSA) is 54.4 Å². The van der Waals surface area contributed by atoms with Gasteiger partial charge in [0.2, 0.25) is 0 Å². The number of aliphatic carboxylic acids is 1. The fourth-order valence-electron chi connectivity index (χ4n) is 6.60. The van der Waals surface area contributed by atoms with Crippen molar-refractivity contribution >= 4 is 11.8 Å². The number of carbonyl (C=O) groups excluding carboxylic acids is 1. The molecule has 4 aliphatic rings. The van der Waals surface area contributed by atoms with E-state index in [2.05, 4.69) is 13.0 Å². The zero-order valence-electron chi connectivity index (χ0n) is 13.9. The Hall–Kier alpha value is -1.38. The maximum atomic E-state index is 11.7. The Kier molecular flexibility index (Phi) is 3.33. The average molecular weight is 314 g/mol. The van der Waals surface area contributed by atoms with Crippen LogP contribution >= 0.6 is 0 Å². The number of rotatable bonds is 2. The highest BCUT2D eigenvalue weighted by atomic mass is 16.4. The minimum Gasteiger partial charge on any atom is -0.481 e. The van der Waals surface area contributed by atoms with Gasteiger partial charge in [0.05, 0.1) is 6.42 Å². The Morgan fingerprint density at radius 1 is 1.26 bits per heavy atom. The smallest absolute Gasteiger partial charge is 0.303 e. The molecule has 23 heavy (non-hydrogen) atoms. The van der Waals surface area contributed by atoms with Crippen molar-refractivity contribution in [1.82, 2.24) is 0 Å². The van der Waals surface area contributed by atoms with Gasteiger partial charge in [-0.3, -0.25) is 9.59 Å². The lowest BCUT2D eigenvalue weighted by Crippen LogP contribution is -2.49. The van der Waals surface area contributed by atoms with Crippen LogP contribution in [0.1, 0.15) is 58.3 Å². The molecule has 0 bridgehead atoms. The van der Waals surface area contributed by atoms with Gasteiger partial charge in [-0.15, -0.1) is 0 Å². The monoisotopic (exact) mass is 314 g/mol. The Morgan fingerprint density at radius 3 is 2.87 bits per heavy atom. The van der Waals surface area contributed by atoms with Crippen molar-refractivity contribution in [1.29, 1.82) is 0 Å². The molecule has 5 atom stereocenters. The van der Waals surface area contributed by atoms with Crippen molar-refractivity contribution in [3.8, 4) is 0 Å². The molecule has 0 aliphatic heterocycles. The van der Waals surface area contributed by atoms with Gasteiger partial charge in [-0.2, -0.15) is 0 Å². The van der Waals surface area contributed by atoms with Crippen LogP contribution < -0.4 is 0 Å². The van der Waals surface area contributed by atoms with Crippen LogP contribution in [-0.4, -0.2) is 16.9 Å². The second kappa shape index (κ2) is 5.06. The molecule has 0 heterocycles. The molecule has 124 valence electrons. The molecule has 3 saturated carbocycles. The van der Waals surface area contributed by atoms with E-state index >= 15 is 0 Å². The van der Waals surface area contributed by atoms with Gasteiger partial charge >= 0.3 is 5.97 Å². The summed E-state index contributed by atoms with van der Waals surface area (Å²) in [6, 6.07) is 0. The highest BCUT2D eigenvalue weighted by Gasteiger charge is 2.57. The van der Waals surface area contributed by atoms with E-state index in [9.17, 15) is 14.7 Å². The van der Waals surface area contributed by atoms with E-state index in [0.717, 1.165) is 32.1 Å². The fourth-order valence-corrected chi connectivity index (χ4v) is 6.60. The van der Waals surface area contributed by atoms with Crippen LogP contribution in [0.4, 0.5) is 0 Å². The third-order valence-corrected chi connectivity index (χ3v) is 7.59.